The van der Waals surface area contributed by atoms with Crippen LogP contribution in [0.5, 0.6) is 0 Å². The summed E-state index contributed by atoms with van der Waals surface area (Å²) in [5.41, 5.74) is 0. The number of sulfone groups is 1. The molecule has 0 saturated carbocycles. The van der Waals surface area contributed by atoms with Crippen LogP contribution in [0.25, 0.3) is 0 Å². The summed E-state index contributed by atoms with van der Waals surface area (Å²) in [6.45, 7) is 5.17. The zero-order chi connectivity index (χ0) is 14.3. The van der Waals surface area contributed by atoms with Gasteiger partial charge in [0.15, 0.2) is 9.84 Å². The highest BCUT2D eigenvalue weighted by Gasteiger charge is 2.24. The second-order valence-electron chi connectivity index (χ2n) is 4.70. The number of rotatable bonds is 8. The molecule has 1 aromatic rings. The van der Waals surface area contributed by atoms with Crippen molar-refractivity contribution in [3.05, 3.63) is 29.3 Å². The minimum atomic E-state index is -3.36. The van der Waals surface area contributed by atoms with E-state index in [-0.39, 0.29) is 4.90 Å². The Balaban J connectivity index is 2.60. The minimum absolute atomic E-state index is 0.222. The summed E-state index contributed by atoms with van der Waals surface area (Å²) >= 11 is 5.96. The molecule has 1 rings (SSSR count). The zero-order valence-electron chi connectivity index (χ0n) is 11.5. The molecule has 0 aliphatic carbocycles. The van der Waals surface area contributed by atoms with Gasteiger partial charge in [0.2, 0.25) is 0 Å². The lowest BCUT2D eigenvalue weighted by atomic mass is 10.2. The highest BCUT2D eigenvalue weighted by atomic mass is 35.5. The number of hydrogen-bond acceptors (Lipinski definition) is 3. The monoisotopic (exact) mass is 303 g/mol. The zero-order valence-corrected chi connectivity index (χ0v) is 13.1. The molecule has 3 nitrogen and oxygen atoms in total. The Hall–Kier alpha value is -0.580. The lowest BCUT2D eigenvalue weighted by molar-refractivity contribution is 0.564. The van der Waals surface area contributed by atoms with E-state index in [1.807, 2.05) is 0 Å². The number of hydrogen-bond donors (Lipinski definition) is 1. The van der Waals surface area contributed by atoms with Crippen molar-refractivity contribution >= 4 is 21.4 Å². The summed E-state index contributed by atoms with van der Waals surface area (Å²) < 4.78 is 24.7. The molecule has 0 aliphatic rings. The van der Waals surface area contributed by atoms with Crippen molar-refractivity contribution in [3.8, 4) is 0 Å². The standard InChI is InChI=1S/C14H22ClNO2S/c1-3-4-7-10-16-11-12(2)19(17,18)14-9-6-5-8-13(14)15/h5-6,8-9,12,16H,3-4,7,10-11H2,1-2H3. The van der Waals surface area contributed by atoms with Gasteiger partial charge < -0.3 is 5.32 Å². The predicted molar refractivity (Wildman–Crippen MR) is 80.5 cm³/mol. The maximum absolute atomic E-state index is 12.3. The average Bonchev–Trinajstić information content (AvgIpc) is 2.38. The van der Waals surface area contributed by atoms with Crippen LogP contribution in [0.2, 0.25) is 5.02 Å². The molecule has 0 aliphatic heterocycles. The Morgan fingerprint density at radius 2 is 1.95 bits per heavy atom. The molecule has 0 fully saturated rings. The molecule has 1 unspecified atom stereocenters. The highest BCUT2D eigenvalue weighted by Crippen LogP contribution is 2.24. The van der Waals surface area contributed by atoms with Gasteiger partial charge in [-0.15, -0.1) is 0 Å². The molecule has 0 saturated heterocycles. The summed E-state index contributed by atoms with van der Waals surface area (Å²) in [4.78, 5) is 0.222. The fourth-order valence-electron chi connectivity index (χ4n) is 1.81. The summed E-state index contributed by atoms with van der Waals surface area (Å²) in [5.74, 6) is 0. The summed E-state index contributed by atoms with van der Waals surface area (Å²) in [6, 6.07) is 6.59. The quantitative estimate of drug-likeness (QED) is 0.750. The van der Waals surface area contributed by atoms with E-state index in [4.69, 9.17) is 11.6 Å². The maximum Gasteiger partial charge on any atom is 0.183 e. The number of nitrogens with one attached hydrogen (secondary N) is 1. The molecule has 0 heterocycles. The minimum Gasteiger partial charge on any atom is -0.315 e. The second-order valence-corrected chi connectivity index (χ2v) is 7.44. The molecule has 1 N–H and O–H groups in total. The largest absolute Gasteiger partial charge is 0.315 e. The van der Waals surface area contributed by atoms with Crippen molar-refractivity contribution in [2.45, 2.75) is 43.3 Å². The van der Waals surface area contributed by atoms with Gasteiger partial charge in [-0.05, 0) is 32.0 Å². The van der Waals surface area contributed by atoms with Crippen molar-refractivity contribution in [1.82, 2.24) is 5.32 Å². The van der Waals surface area contributed by atoms with Crippen LogP contribution in [0, 0.1) is 0 Å². The van der Waals surface area contributed by atoms with Crippen LogP contribution < -0.4 is 5.32 Å². The van der Waals surface area contributed by atoms with E-state index in [0.717, 1.165) is 19.4 Å². The van der Waals surface area contributed by atoms with E-state index >= 15 is 0 Å². The van der Waals surface area contributed by atoms with E-state index in [9.17, 15) is 8.42 Å². The highest BCUT2D eigenvalue weighted by molar-refractivity contribution is 7.92. The van der Waals surface area contributed by atoms with Crippen molar-refractivity contribution in [3.63, 3.8) is 0 Å². The Morgan fingerprint density at radius 3 is 2.58 bits per heavy atom. The van der Waals surface area contributed by atoms with Gasteiger partial charge >= 0.3 is 0 Å². The molecule has 1 aromatic carbocycles. The fourth-order valence-corrected chi connectivity index (χ4v) is 3.64. The van der Waals surface area contributed by atoms with Gasteiger partial charge in [-0.2, -0.15) is 0 Å². The maximum atomic E-state index is 12.3. The van der Waals surface area contributed by atoms with Crippen molar-refractivity contribution in [2.75, 3.05) is 13.1 Å². The van der Waals surface area contributed by atoms with E-state index in [0.29, 0.717) is 11.6 Å². The fraction of sp³-hybridized carbons (Fsp3) is 0.571. The molecular formula is C14H22ClNO2S. The summed E-state index contributed by atoms with van der Waals surface area (Å²) in [7, 11) is -3.36. The molecule has 19 heavy (non-hydrogen) atoms. The molecular weight excluding hydrogens is 282 g/mol. The Morgan fingerprint density at radius 1 is 1.26 bits per heavy atom. The molecule has 108 valence electrons. The van der Waals surface area contributed by atoms with Crippen LogP contribution in [0.1, 0.15) is 33.1 Å². The Labute approximate surface area is 121 Å². The number of benzene rings is 1. The van der Waals surface area contributed by atoms with Gasteiger partial charge in [0, 0.05) is 6.54 Å². The third-order valence-electron chi connectivity index (χ3n) is 3.06. The third-order valence-corrected chi connectivity index (χ3v) is 5.70. The molecule has 0 aromatic heterocycles. The van der Waals surface area contributed by atoms with Gasteiger partial charge in [0.1, 0.15) is 0 Å². The van der Waals surface area contributed by atoms with Crippen LogP contribution in [-0.2, 0) is 9.84 Å². The van der Waals surface area contributed by atoms with Gasteiger partial charge in [-0.25, -0.2) is 8.42 Å². The summed E-state index contributed by atoms with van der Waals surface area (Å²) in [5, 5.41) is 3.01. The van der Waals surface area contributed by atoms with Crippen LogP contribution in [0.3, 0.4) is 0 Å². The predicted octanol–water partition coefficient (Wildman–Crippen LogP) is 3.28. The second kappa shape index (κ2) is 7.88. The van der Waals surface area contributed by atoms with Crippen molar-refractivity contribution in [1.29, 1.82) is 0 Å². The van der Waals surface area contributed by atoms with Crippen LogP contribution >= 0.6 is 11.6 Å². The topological polar surface area (TPSA) is 46.2 Å². The van der Waals surface area contributed by atoms with Gasteiger partial charge in [-0.3, -0.25) is 0 Å². The molecule has 0 bridgehead atoms. The Bertz CT molecular complexity index is 488. The van der Waals surface area contributed by atoms with Gasteiger partial charge in [0.05, 0.1) is 15.2 Å². The normalized spacial score (nSPS) is 13.4. The first-order chi connectivity index (χ1) is 9.00. The van der Waals surface area contributed by atoms with Crippen LogP contribution in [0.4, 0.5) is 0 Å². The average molecular weight is 304 g/mol. The smallest absolute Gasteiger partial charge is 0.183 e. The van der Waals surface area contributed by atoms with E-state index in [1.54, 1.807) is 31.2 Å². The molecule has 0 amide bonds. The van der Waals surface area contributed by atoms with Crippen LogP contribution in [0.15, 0.2) is 29.2 Å². The van der Waals surface area contributed by atoms with Gasteiger partial charge in [0.25, 0.3) is 0 Å². The van der Waals surface area contributed by atoms with Gasteiger partial charge in [-0.1, -0.05) is 43.5 Å². The first kappa shape index (κ1) is 16.5. The van der Waals surface area contributed by atoms with E-state index in [1.165, 1.54) is 6.42 Å². The first-order valence-corrected chi connectivity index (χ1v) is 8.61. The molecule has 0 radical (unpaired) electrons. The summed E-state index contributed by atoms with van der Waals surface area (Å²) in [6.07, 6.45) is 3.41. The lowest BCUT2D eigenvalue weighted by Gasteiger charge is -2.14. The van der Waals surface area contributed by atoms with Crippen molar-refractivity contribution < 1.29 is 8.42 Å². The lowest BCUT2D eigenvalue weighted by Crippen LogP contribution is -2.31. The van der Waals surface area contributed by atoms with Crippen LogP contribution in [-0.4, -0.2) is 26.8 Å². The number of halogens is 1. The van der Waals surface area contributed by atoms with E-state index < -0.39 is 15.1 Å². The van der Waals surface area contributed by atoms with E-state index in [2.05, 4.69) is 12.2 Å². The number of unbranched alkanes of at least 4 members (excludes halogenated alkanes) is 2. The molecule has 1 atom stereocenters. The molecule has 0 spiro atoms. The SMILES string of the molecule is CCCCCNCC(C)S(=O)(=O)c1ccccc1Cl. The Kier molecular flexibility index (Phi) is 6.83. The first-order valence-electron chi connectivity index (χ1n) is 6.69. The molecule has 5 heteroatoms. The third kappa shape index (κ3) is 4.79. The van der Waals surface area contributed by atoms with Crippen molar-refractivity contribution in [2.24, 2.45) is 0 Å².